The van der Waals surface area contributed by atoms with Crippen molar-refractivity contribution in [3.63, 3.8) is 0 Å². The summed E-state index contributed by atoms with van der Waals surface area (Å²) >= 11 is 3.70. The van der Waals surface area contributed by atoms with E-state index in [0.717, 1.165) is 18.0 Å². The van der Waals surface area contributed by atoms with Crippen molar-refractivity contribution in [2.75, 3.05) is 0 Å². The molecule has 0 aliphatic carbocycles. The van der Waals surface area contributed by atoms with Gasteiger partial charge >= 0.3 is 0 Å². The standard InChI is InChI=1S/C17H24N2S2/c1-12-8-6-7-9-14(12)20-11-16-19-13(2)15(21-16)10-18-17(3,4)5/h6-9,18H,10-11H2,1-5H3. The molecule has 0 saturated heterocycles. The van der Waals surface area contributed by atoms with Crippen LogP contribution in [0.4, 0.5) is 0 Å². The third kappa shape index (κ3) is 5.13. The van der Waals surface area contributed by atoms with Gasteiger partial charge in [0.15, 0.2) is 0 Å². The Morgan fingerprint density at radius 2 is 1.90 bits per heavy atom. The third-order valence-electron chi connectivity index (χ3n) is 3.16. The van der Waals surface area contributed by atoms with Crippen LogP contribution in [0.5, 0.6) is 0 Å². The first kappa shape index (κ1) is 16.5. The van der Waals surface area contributed by atoms with Crippen LogP contribution in [0.2, 0.25) is 0 Å². The van der Waals surface area contributed by atoms with Crippen molar-refractivity contribution < 1.29 is 0 Å². The van der Waals surface area contributed by atoms with Gasteiger partial charge in [-0.25, -0.2) is 4.98 Å². The Hall–Kier alpha value is -0.840. The van der Waals surface area contributed by atoms with Crippen molar-refractivity contribution in [2.45, 2.75) is 57.4 Å². The van der Waals surface area contributed by atoms with Gasteiger partial charge in [-0.3, -0.25) is 0 Å². The summed E-state index contributed by atoms with van der Waals surface area (Å²) < 4.78 is 0. The first-order valence-corrected chi connectivity index (χ1v) is 9.04. The zero-order chi connectivity index (χ0) is 15.5. The molecule has 0 bridgehead atoms. The Bertz CT molecular complexity index is 597. The summed E-state index contributed by atoms with van der Waals surface area (Å²) in [6.07, 6.45) is 0. The molecule has 1 N–H and O–H groups in total. The molecule has 0 saturated carbocycles. The van der Waals surface area contributed by atoms with Crippen molar-refractivity contribution in [2.24, 2.45) is 0 Å². The minimum atomic E-state index is 0.145. The van der Waals surface area contributed by atoms with Gasteiger partial charge in [0.25, 0.3) is 0 Å². The van der Waals surface area contributed by atoms with Gasteiger partial charge in [-0.05, 0) is 46.2 Å². The van der Waals surface area contributed by atoms with Gasteiger partial charge in [0.05, 0.1) is 11.4 Å². The predicted molar refractivity (Wildman–Crippen MR) is 94.2 cm³/mol. The molecule has 0 aliphatic rings. The molecular formula is C17H24N2S2. The number of thioether (sulfide) groups is 1. The molecule has 0 radical (unpaired) electrons. The Morgan fingerprint density at radius 3 is 2.57 bits per heavy atom. The smallest absolute Gasteiger partial charge is 0.103 e. The van der Waals surface area contributed by atoms with Crippen LogP contribution < -0.4 is 5.32 Å². The maximum Gasteiger partial charge on any atom is 0.103 e. The average molecular weight is 321 g/mol. The Labute approximate surface area is 136 Å². The van der Waals surface area contributed by atoms with Gasteiger partial charge in [0.1, 0.15) is 5.01 Å². The average Bonchev–Trinajstić information content (AvgIpc) is 2.75. The lowest BCUT2D eigenvalue weighted by atomic mass is 10.1. The second kappa shape index (κ2) is 6.95. The van der Waals surface area contributed by atoms with E-state index in [1.807, 2.05) is 23.1 Å². The van der Waals surface area contributed by atoms with Crippen LogP contribution in [0.25, 0.3) is 0 Å². The monoisotopic (exact) mass is 320 g/mol. The van der Waals surface area contributed by atoms with E-state index in [-0.39, 0.29) is 5.54 Å². The highest BCUT2D eigenvalue weighted by Crippen LogP contribution is 2.28. The summed E-state index contributed by atoms with van der Waals surface area (Å²) in [5.41, 5.74) is 2.65. The number of hydrogen-bond acceptors (Lipinski definition) is 4. The Morgan fingerprint density at radius 1 is 1.19 bits per heavy atom. The van der Waals surface area contributed by atoms with E-state index in [0.29, 0.717) is 0 Å². The number of nitrogens with zero attached hydrogens (tertiary/aromatic N) is 1. The molecule has 2 aromatic rings. The number of nitrogens with one attached hydrogen (secondary N) is 1. The molecule has 114 valence electrons. The fourth-order valence-corrected chi connectivity index (χ4v) is 3.95. The van der Waals surface area contributed by atoms with Gasteiger partial charge in [0.2, 0.25) is 0 Å². The summed E-state index contributed by atoms with van der Waals surface area (Å²) in [7, 11) is 0. The fraction of sp³-hybridized carbons (Fsp3) is 0.471. The van der Waals surface area contributed by atoms with E-state index in [1.165, 1.54) is 20.3 Å². The maximum atomic E-state index is 4.71. The zero-order valence-electron chi connectivity index (χ0n) is 13.5. The van der Waals surface area contributed by atoms with Gasteiger partial charge in [-0.2, -0.15) is 0 Å². The second-order valence-corrected chi connectivity index (χ2v) is 8.46. The Balaban J connectivity index is 1.97. The number of benzene rings is 1. The summed E-state index contributed by atoms with van der Waals surface area (Å²) in [5, 5.41) is 4.75. The number of thiazole rings is 1. The van der Waals surface area contributed by atoms with E-state index in [9.17, 15) is 0 Å². The van der Waals surface area contributed by atoms with Crippen molar-refractivity contribution in [3.8, 4) is 0 Å². The van der Waals surface area contributed by atoms with Crippen molar-refractivity contribution in [1.82, 2.24) is 10.3 Å². The van der Waals surface area contributed by atoms with Crippen LogP contribution in [0.3, 0.4) is 0 Å². The molecule has 0 spiro atoms. The Kier molecular flexibility index (Phi) is 5.47. The normalized spacial score (nSPS) is 11.9. The van der Waals surface area contributed by atoms with Crippen LogP contribution in [0.1, 0.15) is 41.9 Å². The van der Waals surface area contributed by atoms with Crippen LogP contribution in [0.15, 0.2) is 29.2 Å². The topological polar surface area (TPSA) is 24.9 Å². The second-order valence-electron chi connectivity index (χ2n) is 6.27. The maximum absolute atomic E-state index is 4.71. The fourth-order valence-electron chi connectivity index (χ4n) is 1.92. The molecule has 0 unspecified atom stereocenters. The van der Waals surface area contributed by atoms with Crippen LogP contribution in [0, 0.1) is 13.8 Å². The first-order valence-electron chi connectivity index (χ1n) is 7.24. The predicted octanol–water partition coefficient (Wildman–Crippen LogP) is 4.94. The van der Waals surface area contributed by atoms with Crippen molar-refractivity contribution in [3.05, 3.63) is 45.4 Å². The van der Waals surface area contributed by atoms with Gasteiger partial charge in [-0.15, -0.1) is 23.1 Å². The molecule has 4 heteroatoms. The lowest BCUT2D eigenvalue weighted by molar-refractivity contribution is 0.425. The number of rotatable bonds is 5. The quantitative estimate of drug-likeness (QED) is 0.790. The highest BCUT2D eigenvalue weighted by Gasteiger charge is 2.13. The largest absolute Gasteiger partial charge is 0.307 e. The molecule has 2 rings (SSSR count). The van der Waals surface area contributed by atoms with Crippen molar-refractivity contribution >= 4 is 23.1 Å². The minimum absolute atomic E-state index is 0.145. The SMILES string of the molecule is Cc1ccccc1SCc1nc(C)c(CNC(C)(C)C)s1. The summed E-state index contributed by atoms with van der Waals surface area (Å²) in [6.45, 7) is 11.8. The van der Waals surface area contributed by atoms with E-state index in [4.69, 9.17) is 4.98 Å². The zero-order valence-corrected chi connectivity index (χ0v) is 15.1. The summed E-state index contributed by atoms with van der Waals surface area (Å²) in [4.78, 5) is 7.41. The molecule has 21 heavy (non-hydrogen) atoms. The van der Waals surface area contributed by atoms with Crippen LogP contribution in [-0.2, 0) is 12.3 Å². The lowest BCUT2D eigenvalue weighted by Crippen LogP contribution is -2.34. The van der Waals surface area contributed by atoms with Gasteiger partial charge in [-0.1, -0.05) is 18.2 Å². The van der Waals surface area contributed by atoms with E-state index < -0.39 is 0 Å². The number of hydrogen-bond donors (Lipinski definition) is 1. The highest BCUT2D eigenvalue weighted by molar-refractivity contribution is 7.98. The molecule has 0 atom stereocenters. The first-order chi connectivity index (χ1) is 9.85. The van der Waals surface area contributed by atoms with E-state index in [1.54, 1.807) is 0 Å². The number of aryl methyl sites for hydroxylation is 2. The molecule has 1 heterocycles. The molecule has 0 fully saturated rings. The molecule has 2 nitrogen and oxygen atoms in total. The summed E-state index contributed by atoms with van der Waals surface area (Å²) in [6, 6.07) is 8.53. The molecule has 1 aromatic heterocycles. The molecule has 0 amide bonds. The van der Waals surface area contributed by atoms with Crippen LogP contribution >= 0.6 is 23.1 Å². The van der Waals surface area contributed by atoms with Gasteiger partial charge in [0, 0.05) is 21.9 Å². The third-order valence-corrected chi connectivity index (χ3v) is 5.69. The molecular weight excluding hydrogens is 296 g/mol. The minimum Gasteiger partial charge on any atom is -0.307 e. The summed E-state index contributed by atoms with van der Waals surface area (Å²) in [5.74, 6) is 0.950. The van der Waals surface area contributed by atoms with E-state index >= 15 is 0 Å². The lowest BCUT2D eigenvalue weighted by Gasteiger charge is -2.19. The van der Waals surface area contributed by atoms with E-state index in [2.05, 4.69) is 64.2 Å². The van der Waals surface area contributed by atoms with Crippen molar-refractivity contribution in [1.29, 1.82) is 0 Å². The highest BCUT2D eigenvalue weighted by atomic mass is 32.2. The number of aromatic nitrogens is 1. The van der Waals surface area contributed by atoms with Crippen LogP contribution in [-0.4, -0.2) is 10.5 Å². The van der Waals surface area contributed by atoms with Gasteiger partial charge < -0.3 is 5.32 Å². The molecule has 0 aliphatic heterocycles. The molecule has 1 aromatic carbocycles.